The van der Waals surface area contributed by atoms with Gasteiger partial charge in [-0.1, -0.05) is 18.2 Å². The Hall–Kier alpha value is -1.48. The number of carbonyl (C=O) groups is 1. The molecule has 0 atom stereocenters. The highest BCUT2D eigenvalue weighted by Crippen LogP contribution is 2.52. The summed E-state index contributed by atoms with van der Waals surface area (Å²) in [5.41, 5.74) is 3.66. The Morgan fingerprint density at radius 3 is 2.61 bits per heavy atom. The molecule has 0 saturated heterocycles. The average molecular weight is 257 g/mol. The third-order valence-electron chi connectivity index (χ3n) is 3.38. The van der Waals surface area contributed by atoms with E-state index in [0.717, 1.165) is 0 Å². The maximum absolute atomic E-state index is 11.5. The van der Waals surface area contributed by atoms with Crippen molar-refractivity contribution in [1.82, 2.24) is 4.57 Å². The third kappa shape index (κ3) is 1.62. The van der Waals surface area contributed by atoms with Crippen LogP contribution in [0.2, 0.25) is 0 Å². The van der Waals surface area contributed by atoms with E-state index >= 15 is 0 Å². The monoisotopic (exact) mass is 257 g/mol. The molecular weight excluding hydrogens is 242 g/mol. The Morgan fingerprint density at radius 1 is 1.17 bits per heavy atom. The molecule has 0 unspecified atom stereocenters. The first-order valence-corrected chi connectivity index (χ1v) is 6.82. The zero-order valence-electron chi connectivity index (χ0n) is 10.7. The molecular formula is C15H15NOS. The predicted octanol–water partition coefficient (Wildman–Crippen LogP) is 4.16. The van der Waals surface area contributed by atoms with Crippen LogP contribution in [0.4, 0.5) is 0 Å². The van der Waals surface area contributed by atoms with Crippen molar-refractivity contribution in [2.24, 2.45) is 0 Å². The number of carbonyl (C=O) groups excluding carboxylic acids is 1. The molecule has 0 amide bonds. The molecule has 0 spiro atoms. The fourth-order valence-electron chi connectivity index (χ4n) is 2.44. The summed E-state index contributed by atoms with van der Waals surface area (Å²) in [4.78, 5) is 12.8. The SMILES string of the molecule is CC(=O)n1cc2c(c1)C(C)(C)Sc1ccccc1-2. The smallest absolute Gasteiger partial charge is 0.227 e. The number of nitrogens with zero attached hydrogens (tertiary/aromatic N) is 1. The topological polar surface area (TPSA) is 22.0 Å². The number of benzene rings is 1. The van der Waals surface area contributed by atoms with E-state index in [4.69, 9.17) is 0 Å². The van der Waals surface area contributed by atoms with E-state index < -0.39 is 0 Å². The number of fused-ring (bicyclic) bond motifs is 3. The lowest BCUT2D eigenvalue weighted by molar-refractivity contribution is 0.0937. The van der Waals surface area contributed by atoms with Gasteiger partial charge in [-0.2, -0.15) is 0 Å². The lowest BCUT2D eigenvalue weighted by atomic mass is 9.95. The minimum Gasteiger partial charge on any atom is -0.294 e. The van der Waals surface area contributed by atoms with Crippen LogP contribution in [0.5, 0.6) is 0 Å². The van der Waals surface area contributed by atoms with Gasteiger partial charge in [0.25, 0.3) is 0 Å². The highest BCUT2D eigenvalue weighted by atomic mass is 32.2. The van der Waals surface area contributed by atoms with E-state index in [1.54, 1.807) is 11.5 Å². The predicted molar refractivity (Wildman–Crippen MR) is 75.1 cm³/mol. The molecule has 0 bridgehead atoms. The molecule has 0 N–H and O–H groups in total. The van der Waals surface area contributed by atoms with Crippen molar-refractivity contribution in [2.75, 3.05) is 0 Å². The third-order valence-corrected chi connectivity index (χ3v) is 4.69. The summed E-state index contributed by atoms with van der Waals surface area (Å²) >= 11 is 1.86. The van der Waals surface area contributed by atoms with E-state index in [1.807, 2.05) is 30.2 Å². The molecule has 1 aliphatic rings. The number of rotatable bonds is 0. The highest BCUT2D eigenvalue weighted by molar-refractivity contribution is 8.00. The molecule has 1 aromatic carbocycles. The molecule has 3 heteroatoms. The molecule has 18 heavy (non-hydrogen) atoms. The van der Waals surface area contributed by atoms with Crippen molar-refractivity contribution in [3.8, 4) is 11.1 Å². The Labute approximate surface area is 111 Å². The summed E-state index contributed by atoms with van der Waals surface area (Å²) in [6.45, 7) is 6.01. The number of hydrogen-bond donors (Lipinski definition) is 0. The van der Waals surface area contributed by atoms with Crippen molar-refractivity contribution in [3.05, 3.63) is 42.2 Å². The Bertz CT molecular complexity index is 640. The molecule has 1 aromatic heterocycles. The second kappa shape index (κ2) is 3.75. The quantitative estimate of drug-likeness (QED) is 0.707. The average Bonchev–Trinajstić information content (AvgIpc) is 2.74. The van der Waals surface area contributed by atoms with Gasteiger partial charge in [0.05, 0.1) is 0 Å². The first-order chi connectivity index (χ1) is 8.49. The molecule has 3 rings (SSSR count). The van der Waals surface area contributed by atoms with E-state index in [0.29, 0.717) is 0 Å². The van der Waals surface area contributed by atoms with E-state index in [9.17, 15) is 4.79 Å². The maximum atomic E-state index is 11.5. The van der Waals surface area contributed by atoms with Gasteiger partial charge in [0.15, 0.2) is 0 Å². The van der Waals surface area contributed by atoms with Crippen LogP contribution in [0.25, 0.3) is 11.1 Å². The summed E-state index contributed by atoms with van der Waals surface area (Å²) in [5.74, 6) is 0.0580. The van der Waals surface area contributed by atoms with Crippen molar-refractivity contribution in [3.63, 3.8) is 0 Å². The van der Waals surface area contributed by atoms with E-state index in [-0.39, 0.29) is 10.7 Å². The van der Waals surface area contributed by atoms with Crippen molar-refractivity contribution >= 4 is 17.7 Å². The molecule has 0 fully saturated rings. The summed E-state index contributed by atoms with van der Waals surface area (Å²) in [7, 11) is 0. The Balaban J connectivity index is 2.29. The van der Waals surface area contributed by atoms with Crippen LogP contribution in [-0.4, -0.2) is 10.5 Å². The largest absolute Gasteiger partial charge is 0.294 e. The number of hydrogen-bond acceptors (Lipinski definition) is 2. The Morgan fingerprint density at radius 2 is 1.89 bits per heavy atom. The summed E-state index contributed by atoms with van der Waals surface area (Å²) < 4.78 is 1.69. The first kappa shape index (κ1) is 11.6. The van der Waals surface area contributed by atoms with Gasteiger partial charge in [-0.15, -0.1) is 11.8 Å². The van der Waals surface area contributed by atoms with Gasteiger partial charge >= 0.3 is 0 Å². The van der Waals surface area contributed by atoms with Crippen molar-refractivity contribution < 1.29 is 4.79 Å². The molecule has 92 valence electrons. The molecule has 1 aliphatic heterocycles. The summed E-state index contributed by atoms with van der Waals surface area (Å²) in [6, 6.07) is 8.39. The zero-order chi connectivity index (χ0) is 12.9. The lowest BCUT2D eigenvalue weighted by Gasteiger charge is -2.30. The fourth-order valence-corrected chi connectivity index (χ4v) is 3.70. The molecule has 2 nitrogen and oxygen atoms in total. The minimum absolute atomic E-state index is 0.00435. The molecule has 0 saturated carbocycles. The lowest BCUT2D eigenvalue weighted by Crippen LogP contribution is -2.15. The van der Waals surface area contributed by atoms with E-state index in [2.05, 4.69) is 32.0 Å². The fraction of sp³-hybridized carbons (Fsp3) is 0.267. The van der Waals surface area contributed by atoms with Crippen LogP contribution < -0.4 is 0 Å². The van der Waals surface area contributed by atoms with Crippen LogP contribution in [0.1, 0.15) is 31.1 Å². The normalized spacial score (nSPS) is 15.9. The maximum Gasteiger partial charge on any atom is 0.227 e. The summed E-state index contributed by atoms with van der Waals surface area (Å²) in [5, 5.41) is 0. The van der Waals surface area contributed by atoms with Gasteiger partial charge in [0.2, 0.25) is 5.91 Å². The van der Waals surface area contributed by atoms with Crippen molar-refractivity contribution in [1.29, 1.82) is 0 Å². The van der Waals surface area contributed by atoms with Gasteiger partial charge < -0.3 is 0 Å². The second-order valence-electron chi connectivity index (χ2n) is 5.12. The standard InChI is InChI=1S/C15H15NOS/c1-10(17)16-8-12-11-6-4-5-7-14(11)18-15(2,3)13(12)9-16/h4-9H,1-3H3. The van der Waals surface area contributed by atoms with Gasteiger partial charge in [0.1, 0.15) is 0 Å². The molecule has 2 heterocycles. The van der Waals surface area contributed by atoms with Crippen LogP contribution in [0.15, 0.2) is 41.6 Å². The number of aromatic nitrogens is 1. The van der Waals surface area contributed by atoms with Gasteiger partial charge in [-0.25, -0.2) is 0 Å². The van der Waals surface area contributed by atoms with Crippen LogP contribution in [0, 0.1) is 0 Å². The molecule has 2 aromatic rings. The zero-order valence-corrected chi connectivity index (χ0v) is 11.5. The summed E-state index contributed by atoms with van der Waals surface area (Å²) in [6.07, 6.45) is 3.93. The van der Waals surface area contributed by atoms with Crippen molar-refractivity contribution in [2.45, 2.75) is 30.4 Å². The molecule has 0 aliphatic carbocycles. The van der Waals surface area contributed by atoms with Gasteiger partial charge in [0, 0.05) is 34.5 Å². The number of thioether (sulfide) groups is 1. The second-order valence-corrected chi connectivity index (χ2v) is 6.78. The first-order valence-electron chi connectivity index (χ1n) is 6.01. The van der Waals surface area contributed by atoms with Gasteiger partial charge in [-0.3, -0.25) is 9.36 Å². The Kier molecular flexibility index (Phi) is 2.42. The van der Waals surface area contributed by atoms with Crippen LogP contribution in [0.3, 0.4) is 0 Å². The van der Waals surface area contributed by atoms with Crippen LogP contribution >= 0.6 is 11.8 Å². The van der Waals surface area contributed by atoms with Crippen LogP contribution in [-0.2, 0) is 4.75 Å². The molecule has 0 radical (unpaired) electrons. The highest BCUT2D eigenvalue weighted by Gasteiger charge is 2.33. The van der Waals surface area contributed by atoms with E-state index in [1.165, 1.54) is 21.6 Å². The minimum atomic E-state index is 0.00435. The van der Waals surface area contributed by atoms with Gasteiger partial charge in [-0.05, 0) is 31.0 Å².